The summed E-state index contributed by atoms with van der Waals surface area (Å²) in [5, 5.41) is 19.2. The van der Waals surface area contributed by atoms with Gasteiger partial charge in [-0.2, -0.15) is 0 Å². The summed E-state index contributed by atoms with van der Waals surface area (Å²) in [4.78, 5) is 23.2. The maximum Gasteiger partial charge on any atom is 0.362 e. The number of carboxylic acid groups (broad SMARTS) is 1. The molecule has 0 aromatic heterocycles. The van der Waals surface area contributed by atoms with Crippen LogP contribution in [0.5, 0.6) is 0 Å². The lowest BCUT2D eigenvalue weighted by atomic mass is 10.1. The van der Waals surface area contributed by atoms with Crippen LogP contribution in [-0.4, -0.2) is 79.7 Å². The van der Waals surface area contributed by atoms with Gasteiger partial charge in [-0.3, -0.25) is 4.79 Å². The number of hydrogen-bond acceptors (Lipinski definition) is 5. The number of aliphatic hydroxyl groups excluding tert-OH is 1. The second-order valence-corrected chi connectivity index (χ2v) is 11.2. The second-order valence-electron chi connectivity index (χ2n) is 11.2. The van der Waals surface area contributed by atoms with E-state index in [1.165, 1.54) is 77.0 Å². The third-order valence-electron chi connectivity index (χ3n) is 6.65. The molecule has 0 bridgehead atoms. The number of aliphatic carboxylic acids is 1. The molecule has 0 saturated heterocycles. The number of unbranched alkanes of at least 4 members (excludes halogenated alkanes) is 13. The molecular weight excluding hydrogens is 470 g/mol. The second kappa shape index (κ2) is 23.7. The number of ether oxygens (including phenoxy) is 2. The topological polar surface area (TPSA) is 93.1 Å². The smallest absolute Gasteiger partial charge is 0.362 e. The molecule has 0 aromatic rings. The first kappa shape index (κ1) is 35.6. The molecule has 0 saturated carbocycles. The van der Waals surface area contributed by atoms with E-state index in [-0.39, 0.29) is 25.8 Å². The predicted octanol–water partition coefficient (Wildman–Crippen LogP) is 6.27. The van der Waals surface area contributed by atoms with Gasteiger partial charge in [0.25, 0.3) is 0 Å². The summed E-state index contributed by atoms with van der Waals surface area (Å²) in [5.41, 5.74) is 0. The molecular formula is C30H58NO6+. The van der Waals surface area contributed by atoms with Crippen molar-refractivity contribution in [3.05, 3.63) is 12.2 Å². The number of carboxylic acids is 1. The molecule has 0 aliphatic heterocycles. The van der Waals surface area contributed by atoms with E-state index < -0.39 is 18.1 Å². The van der Waals surface area contributed by atoms with Gasteiger partial charge >= 0.3 is 11.9 Å². The number of aliphatic hydroxyl groups is 1. The van der Waals surface area contributed by atoms with Gasteiger partial charge in [0.05, 0.1) is 34.4 Å². The number of hydrogen-bond donors (Lipinski definition) is 2. The molecule has 7 nitrogen and oxygen atoms in total. The molecule has 2 N–H and O–H groups in total. The van der Waals surface area contributed by atoms with E-state index in [2.05, 4.69) is 19.1 Å². The van der Waals surface area contributed by atoms with Crippen LogP contribution in [0.4, 0.5) is 0 Å². The summed E-state index contributed by atoms with van der Waals surface area (Å²) in [6.45, 7) is 2.41. The van der Waals surface area contributed by atoms with Crippen molar-refractivity contribution in [1.82, 2.24) is 0 Å². The highest BCUT2D eigenvalue weighted by molar-refractivity contribution is 5.72. The Morgan fingerprint density at radius 3 is 1.81 bits per heavy atom. The molecule has 0 aliphatic carbocycles. The summed E-state index contributed by atoms with van der Waals surface area (Å²) >= 11 is 0. The van der Waals surface area contributed by atoms with Crippen molar-refractivity contribution in [3.63, 3.8) is 0 Å². The quantitative estimate of drug-likeness (QED) is 0.0594. The van der Waals surface area contributed by atoms with E-state index >= 15 is 0 Å². The summed E-state index contributed by atoms with van der Waals surface area (Å²) in [6, 6.07) is -0.573. The highest BCUT2D eigenvalue weighted by Gasteiger charge is 2.30. The summed E-state index contributed by atoms with van der Waals surface area (Å²) in [7, 11) is 5.47. The number of carbonyl (C=O) groups is 2. The van der Waals surface area contributed by atoms with Crippen molar-refractivity contribution in [1.29, 1.82) is 0 Å². The average molecular weight is 529 g/mol. The lowest BCUT2D eigenvalue weighted by molar-refractivity contribution is -0.887. The molecule has 0 amide bonds. The molecule has 2 unspecified atom stereocenters. The fraction of sp³-hybridized carbons (Fsp3) is 0.867. The summed E-state index contributed by atoms with van der Waals surface area (Å²) in [5.74, 6) is -1.16. The number of allylic oxidation sites excluding steroid dienone is 2. The monoisotopic (exact) mass is 528 g/mol. The van der Waals surface area contributed by atoms with E-state index in [1.54, 1.807) is 0 Å². The number of rotatable bonds is 26. The highest BCUT2D eigenvalue weighted by Crippen LogP contribution is 2.12. The number of quaternary nitrogens is 1. The highest BCUT2D eigenvalue weighted by atomic mass is 16.5. The Morgan fingerprint density at radius 2 is 1.30 bits per heavy atom. The minimum Gasteiger partial charge on any atom is -0.477 e. The average Bonchev–Trinajstić information content (AvgIpc) is 2.83. The number of likely N-dealkylation sites (N-methyl/N-ethyl adjacent to an activating group) is 1. The van der Waals surface area contributed by atoms with Crippen LogP contribution in [0, 0.1) is 0 Å². The van der Waals surface area contributed by atoms with Crippen LogP contribution >= 0.6 is 0 Å². The molecule has 0 radical (unpaired) electrons. The molecule has 0 heterocycles. The van der Waals surface area contributed by atoms with Crippen LogP contribution in [0.2, 0.25) is 0 Å². The largest absolute Gasteiger partial charge is 0.477 e. The van der Waals surface area contributed by atoms with Gasteiger partial charge in [-0.1, -0.05) is 83.3 Å². The Kier molecular flexibility index (Phi) is 22.7. The number of carbonyl (C=O) groups excluding carboxylic acids is 1. The molecule has 0 spiro atoms. The van der Waals surface area contributed by atoms with Crippen molar-refractivity contribution < 1.29 is 33.8 Å². The zero-order valence-corrected chi connectivity index (χ0v) is 24.4. The Morgan fingerprint density at radius 1 is 0.784 bits per heavy atom. The van der Waals surface area contributed by atoms with Gasteiger partial charge in [-0.25, -0.2) is 4.79 Å². The van der Waals surface area contributed by atoms with E-state index in [9.17, 15) is 19.8 Å². The standard InChI is InChI=1S/C30H57NO6/c1-5-6-7-8-9-10-11-12-13-14-15-16-17-18-19-20-21-22-29(33)37-26-27(32)25-36-24-23-28(30(34)35)31(2,3)4/h12-13,27-28,32H,5-11,14-26H2,1-4H3/p+1/b13-12-. The molecule has 0 aromatic carbocycles. The Bertz CT molecular complexity index is 587. The van der Waals surface area contributed by atoms with Gasteiger partial charge in [-0.15, -0.1) is 0 Å². The van der Waals surface area contributed by atoms with Gasteiger partial charge < -0.3 is 24.2 Å². The molecule has 37 heavy (non-hydrogen) atoms. The molecule has 218 valence electrons. The normalized spacial score (nSPS) is 13.6. The van der Waals surface area contributed by atoms with Gasteiger partial charge in [-0.05, 0) is 32.1 Å². The first-order valence-corrected chi connectivity index (χ1v) is 14.8. The summed E-state index contributed by atoms with van der Waals surface area (Å²) < 4.78 is 10.8. The molecule has 0 aliphatic rings. The minimum atomic E-state index is -0.901. The van der Waals surface area contributed by atoms with Crippen LogP contribution in [0.1, 0.15) is 116 Å². The van der Waals surface area contributed by atoms with E-state index in [1.807, 2.05) is 21.1 Å². The number of esters is 1. The molecule has 2 atom stereocenters. The van der Waals surface area contributed by atoms with Crippen LogP contribution in [0.3, 0.4) is 0 Å². The Hall–Kier alpha value is -1.44. The minimum absolute atomic E-state index is 0.0195. The van der Waals surface area contributed by atoms with Crippen molar-refractivity contribution in [2.45, 2.75) is 128 Å². The number of nitrogens with zero attached hydrogens (tertiary/aromatic N) is 1. The van der Waals surface area contributed by atoms with Gasteiger partial charge in [0.2, 0.25) is 0 Å². The maximum absolute atomic E-state index is 11.9. The van der Waals surface area contributed by atoms with Gasteiger partial charge in [0, 0.05) is 12.8 Å². The summed E-state index contributed by atoms with van der Waals surface area (Å²) in [6.07, 6.45) is 23.1. The van der Waals surface area contributed by atoms with Gasteiger partial charge in [0.15, 0.2) is 6.04 Å². The molecule has 0 fully saturated rings. The van der Waals surface area contributed by atoms with Crippen molar-refractivity contribution >= 4 is 11.9 Å². The van der Waals surface area contributed by atoms with Gasteiger partial charge in [0.1, 0.15) is 12.7 Å². The van der Waals surface area contributed by atoms with E-state index in [0.717, 1.165) is 19.3 Å². The zero-order chi connectivity index (χ0) is 27.8. The fourth-order valence-corrected chi connectivity index (χ4v) is 4.26. The third-order valence-corrected chi connectivity index (χ3v) is 6.65. The molecule has 0 rings (SSSR count). The lowest BCUT2D eigenvalue weighted by Gasteiger charge is -2.31. The predicted molar refractivity (Wildman–Crippen MR) is 151 cm³/mol. The van der Waals surface area contributed by atoms with Crippen LogP contribution in [-0.2, 0) is 19.1 Å². The SMILES string of the molecule is CCCCCCCC/C=C\CCCCCCCCCC(=O)OCC(O)COCCC(C(=O)O)[N+](C)(C)C. The van der Waals surface area contributed by atoms with E-state index in [0.29, 0.717) is 17.3 Å². The Labute approximate surface area is 227 Å². The fourth-order valence-electron chi connectivity index (χ4n) is 4.26. The zero-order valence-electron chi connectivity index (χ0n) is 24.4. The van der Waals surface area contributed by atoms with Crippen LogP contribution in [0.25, 0.3) is 0 Å². The van der Waals surface area contributed by atoms with Crippen molar-refractivity contribution in [3.8, 4) is 0 Å². The van der Waals surface area contributed by atoms with Crippen molar-refractivity contribution in [2.24, 2.45) is 0 Å². The Balaban J connectivity index is 3.52. The lowest BCUT2D eigenvalue weighted by Crippen LogP contribution is -2.50. The first-order chi connectivity index (χ1) is 17.7. The third kappa shape index (κ3) is 23.4. The first-order valence-electron chi connectivity index (χ1n) is 14.8. The van der Waals surface area contributed by atoms with Crippen LogP contribution < -0.4 is 0 Å². The van der Waals surface area contributed by atoms with Crippen molar-refractivity contribution in [2.75, 3.05) is 41.0 Å². The van der Waals surface area contributed by atoms with Crippen LogP contribution in [0.15, 0.2) is 12.2 Å². The van der Waals surface area contributed by atoms with E-state index in [4.69, 9.17) is 9.47 Å². The maximum atomic E-state index is 11.9. The molecule has 7 heteroatoms.